The van der Waals surface area contributed by atoms with E-state index in [0.29, 0.717) is 22.1 Å². The third kappa shape index (κ3) is 4.90. The van der Waals surface area contributed by atoms with Gasteiger partial charge in [-0.15, -0.1) is 0 Å². The molecule has 0 radical (unpaired) electrons. The number of nitrogens with zero attached hydrogens (tertiary/aromatic N) is 1. The van der Waals surface area contributed by atoms with Crippen molar-refractivity contribution in [3.05, 3.63) is 113 Å². The molecule has 174 valence electrons. The number of aromatic hydroxyl groups is 1. The topological polar surface area (TPSA) is 32.6 Å². The van der Waals surface area contributed by atoms with Crippen LogP contribution in [-0.4, -0.2) is 11.3 Å². The molecule has 0 saturated heterocycles. The van der Waals surface area contributed by atoms with Crippen molar-refractivity contribution in [1.82, 2.24) is 0 Å². The van der Waals surface area contributed by atoms with Gasteiger partial charge in [0, 0.05) is 11.8 Å². The molecule has 4 aromatic rings. The lowest BCUT2D eigenvalue weighted by atomic mass is 9.92. The van der Waals surface area contributed by atoms with Crippen molar-refractivity contribution in [2.75, 3.05) is 0 Å². The van der Waals surface area contributed by atoms with Crippen LogP contribution in [0, 0.1) is 0 Å². The van der Waals surface area contributed by atoms with Crippen molar-refractivity contribution in [2.24, 2.45) is 4.99 Å². The van der Waals surface area contributed by atoms with Gasteiger partial charge in [0.25, 0.3) is 0 Å². The zero-order chi connectivity index (χ0) is 24.5. The second-order valence-corrected chi connectivity index (χ2v) is 7.64. The number of alkyl halides is 6. The smallest absolute Gasteiger partial charge is 0.416 e. The molecule has 2 nitrogen and oxygen atoms in total. The molecule has 0 bridgehead atoms. The van der Waals surface area contributed by atoms with E-state index < -0.39 is 29.5 Å². The molecule has 0 fully saturated rings. The predicted molar refractivity (Wildman–Crippen MR) is 118 cm³/mol. The summed E-state index contributed by atoms with van der Waals surface area (Å²) in [6, 6.07) is 18.2. The van der Waals surface area contributed by atoms with Gasteiger partial charge in [-0.25, -0.2) is 0 Å². The summed E-state index contributed by atoms with van der Waals surface area (Å²) < 4.78 is 77.7. The molecule has 0 heterocycles. The molecule has 0 amide bonds. The van der Waals surface area contributed by atoms with Crippen LogP contribution in [0.5, 0.6) is 5.75 Å². The summed E-state index contributed by atoms with van der Waals surface area (Å²) in [4.78, 5) is 4.48. The highest BCUT2D eigenvalue weighted by Crippen LogP contribution is 2.39. The highest BCUT2D eigenvalue weighted by molar-refractivity contribution is 5.89. The largest absolute Gasteiger partial charge is 0.508 e. The van der Waals surface area contributed by atoms with Gasteiger partial charge in [0.2, 0.25) is 0 Å². The molecule has 34 heavy (non-hydrogen) atoms. The normalized spacial score (nSPS) is 13.5. The Labute approximate surface area is 190 Å². The third-order valence-corrected chi connectivity index (χ3v) is 5.39. The van der Waals surface area contributed by atoms with E-state index >= 15 is 0 Å². The zero-order valence-electron chi connectivity index (χ0n) is 17.4. The van der Waals surface area contributed by atoms with E-state index in [2.05, 4.69) is 4.99 Å². The lowest BCUT2D eigenvalue weighted by Gasteiger charge is -2.18. The molecule has 1 unspecified atom stereocenters. The molecule has 0 spiro atoms. The van der Waals surface area contributed by atoms with E-state index in [0.717, 1.165) is 29.7 Å². The molecule has 0 aliphatic carbocycles. The van der Waals surface area contributed by atoms with Gasteiger partial charge < -0.3 is 5.11 Å². The first-order valence-corrected chi connectivity index (χ1v) is 10.1. The molecule has 4 rings (SSSR count). The Morgan fingerprint density at radius 1 is 0.676 bits per heavy atom. The monoisotopic (exact) mass is 473 g/mol. The lowest BCUT2D eigenvalue weighted by molar-refractivity contribution is -0.138. The fraction of sp³-hybridized carbons (Fsp3) is 0.115. The number of benzene rings is 4. The fourth-order valence-electron chi connectivity index (χ4n) is 3.67. The van der Waals surface area contributed by atoms with Crippen LogP contribution >= 0.6 is 0 Å². The van der Waals surface area contributed by atoms with Gasteiger partial charge in [-0.3, -0.25) is 4.99 Å². The minimum absolute atomic E-state index is 0.104. The molecule has 1 atom stereocenters. The Morgan fingerprint density at radius 3 is 1.82 bits per heavy atom. The molecular formula is C26H17F6NO. The van der Waals surface area contributed by atoms with Crippen molar-refractivity contribution in [1.29, 1.82) is 0 Å². The Balaban J connectivity index is 1.81. The Bertz CT molecular complexity index is 1320. The van der Waals surface area contributed by atoms with Gasteiger partial charge in [-0.2, -0.15) is 26.3 Å². The van der Waals surface area contributed by atoms with E-state index in [1.165, 1.54) is 36.5 Å². The summed E-state index contributed by atoms with van der Waals surface area (Å²) in [7, 11) is 0. The number of phenols is 1. The van der Waals surface area contributed by atoms with Crippen molar-refractivity contribution < 1.29 is 31.4 Å². The first kappa shape index (κ1) is 23.4. The van der Waals surface area contributed by atoms with Crippen LogP contribution < -0.4 is 0 Å². The highest BCUT2D eigenvalue weighted by atomic mass is 19.4. The van der Waals surface area contributed by atoms with E-state index in [9.17, 15) is 31.4 Å². The van der Waals surface area contributed by atoms with Crippen LogP contribution in [0.4, 0.5) is 26.3 Å². The zero-order valence-corrected chi connectivity index (χ0v) is 17.4. The Hall–Kier alpha value is -3.81. The van der Waals surface area contributed by atoms with Crippen molar-refractivity contribution in [2.45, 2.75) is 18.4 Å². The SMILES string of the molecule is Oc1ccc2ccccc2c1C(N=Cc1ccc(C(F)(F)F)cc1)c1ccc(C(F)(F)F)cc1. The van der Waals surface area contributed by atoms with Gasteiger partial charge in [0.05, 0.1) is 11.1 Å². The van der Waals surface area contributed by atoms with Crippen LogP contribution in [0.2, 0.25) is 0 Å². The van der Waals surface area contributed by atoms with Gasteiger partial charge in [0.1, 0.15) is 11.8 Å². The van der Waals surface area contributed by atoms with Crippen LogP contribution in [0.3, 0.4) is 0 Å². The van der Waals surface area contributed by atoms with E-state index in [-0.39, 0.29) is 5.75 Å². The maximum Gasteiger partial charge on any atom is 0.416 e. The predicted octanol–water partition coefficient (Wildman–Crippen LogP) is 7.79. The van der Waals surface area contributed by atoms with Gasteiger partial charge in [-0.1, -0.05) is 54.6 Å². The van der Waals surface area contributed by atoms with E-state index in [1.54, 1.807) is 18.2 Å². The second-order valence-electron chi connectivity index (χ2n) is 7.64. The maximum absolute atomic E-state index is 13.1. The van der Waals surface area contributed by atoms with Crippen LogP contribution in [0.1, 0.15) is 33.9 Å². The highest BCUT2D eigenvalue weighted by Gasteiger charge is 2.31. The van der Waals surface area contributed by atoms with Gasteiger partial charge in [0.15, 0.2) is 0 Å². The molecule has 0 aliphatic rings. The number of hydrogen-bond donors (Lipinski definition) is 1. The number of hydrogen-bond acceptors (Lipinski definition) is 2. The quantitative estimate of drug-likeness (QED) is 0.238. The van der Waals surface area contributed by atoms with E-state index in [4.69, 9.17) is 0 Å². The minimum Gasteiger partial charge on any atom is -0.508 e. The van der Waals surface area contributed by atoms with Gasteiger partial charge in [-0.05, 0) is 52.2 Å². The van der Waals surface area contributed by atoms with Crippen LogP contribution in [0.25, 0.3) is 10.8 Å². The summed E-state index contributed by atoms with van der Waals surface area (Å²) in [6.07, 6.45) is -7.66. The molecule has 8 heteroatoms. The summed E-state index contributed by atoms with van der Waals surface area (Å²) in [5.41, 5.74) is -0.520. The van der Waals surface area contributed by atoms with Gasteiger partial charge >= 0.3 is 12.4 Å². The minimum atomic E-state index is -4.51. The second kappa shape index (κ2) is 8.85. The fourth-order valence-corrected chi connectivity index (χ4v) is 3.67. The molecular weight excluding hydrogens is 456 g/mol. The third-order valence-electron chi connectivity index (χ3n) is 5.39. The van der Waals surface area contributed by atoms with Crippen LogP contribution in [0.15, 0.2) is 89.9 Å². The number of phenolic OH excluding ortho intramolecular Hbond substituents is 1. The lowest BCUT2D eigenvalue weighted by Crippen LogP contribution is -2.06. The molecule has 4 aromatic carbocycles. The van der Waals surface area contributed by atoms with E-state index in [1.807, 2.05) is 12.1 Å². The van der Waals surface area contributed by atoms with Crippen molar-refractivity contribution in [3.8, 4) is 5.75 Å². The Kier molecular flexibility index (Phi) is 6.08. The summed E-state index contributed by atoms with van der Waals surface area (Å²) in [6.45, 7) is 0. The van der Waals surface area contributed by atoms with Crippen molar-refractivity contribution >= 4 is 17.0 Å². The first-order valence-electron chi connectivity index (χ1n) is 10.1. The standard InChI is InChI=1S/C26H17F6NO/c27-25(28,29)19-10-5-16(6-11-19)15-33-24(18-7-12-20(13-8-18)26(30,31)32)23-21-4-2-1-3-17(21)9-14-22(23)34/h1-15,24,34H. The summed E-state index contributed by atoms with van der Waals surface area (Å²) in [5, 5.41) is 12.1. The van der Waals surface area contributed by atoms with Crippen LogP contribution in [-0.2, 0) is 12.4 Å². The molecule has 0 aromatic heterocycles. The molecule has 0 saturated carbocycles. The average Bonchev–Trinajstić information content (AvgIpc) is 2.80. The summed E-state index contributed by atoms with van der Waals surface area (Å²) >= 11 is 0. The maximum atomic E-state index is 13.1. The molecule has 0 aliphatic heterocycles. The number of fused-ring (bicyclic) bond motifs is 1. The number of aliphatic imine (C=N–C) groups is 1. The average molecular weight is 473 g/mol. The summed E-state index contributed by atoms with van der Waals surface area (Å²) in [5.74, 6) is -0.104. The number of halogens is 6. The first-order chi connectivity index (χ1) is 16.0. The van der Waals surface area contributed by atoms with Crippen molar-refractivity contribution in [3.63, 3.8) is 0 Å². The molecule has 1 N–H and O–H groups in total. The number of rotatable bonds is 4. The Morgan fingerprint density at radius 2 is 1.24 bits per heavy atom.